The molecule has 0 aliphatic carbocycles. The minimum atomic E-state index is -0.363. The van der Waals surface area contributed by atoms with Crippen LogP contribution in [0.5, 0.6) is 5.75 Å². The van der Waals surface area contributed by atoms with Gasteiger partial charge in [0.15, 0.2) is 0 Å². The van der Waals surface area contributed by atoms with Gasteiger partial charge in [-0.3, -0.25) is 4.79 Å². The van der Waals surface area contributed by atoms with Gasteiger partial charge in [-0.2, -0.15) is 0 Å². The van der Waals surface area contributed by atoms with Gasteiger partial charge in [0.1, 0.15) is 5.75 Å². The predicted octanol–water partition coefficient (Wildman–Crippen LogP) is 3.79. The molecule has 1 amide bonds. The van der Waals surface area contributed by atoms with Crippen molar-refractivity contribution >= 4 is 35.3 Å². The highest BCUT2D eigenvalue weighted by Crippen LogP contribution is 2.29. The molecule has 2 aromatic carbocycles. The summed E-state index contributed by atoms with van der Waals surface area (Å²) in [6, 6.07) is 10.1. The zero-order chi connectivity index (χ0) is 16.0. The van der Waals surface area contributed by atoms with E-state index in [9.17, 15) is 9.90 Å². The second-order valence-electron chi connectivity index (χ2n) is 4.15. The molecule has 0 saturated heterocycles. The minimum absolute atomic E-state index is 0.105. The van der Waals surface area contributed by atoms with Gasteiger partial charge in [0.2, 0.25) is 5.91 Å². The fourth-order valence-electron chi connectivity index (χ4n) is 1.55. The first-order chi connectivity index (χ1) is 9.86. The van der Waals surface area contributed by atoms with Gasteiger partial charge in [0.25, 0.3) is 0 Å². The monoisotopic (exact) mass is 324 g/mol. The SMILES string of the molecule is Cc1ccccc1C(N)=O.N=Cc1cc(Cl)cc(Cl)c1O. The van der Waals surface area contributed by atoms with Crippen LogP contribution in [-0.4, -0.2) is 17.2 Å². The molecule has 0 bridgehead atoms. The Labute approximate surface area is 132 Å². The minimum Gasteiger partial charge on any atom is -0.506 e. The molecule has 0 atom stereocenters. The number of hydrogen-bond donors (Lipinski definition) is 3. The van der Waals surface area contributed by atoms with Crippen molar-refractivity contribution in [3.05, 3.63) is 63.1 Å². The van der Waals surface area contributed by atoms with Crippen LogP contribution in [0.1, 0.15) is 21.5 Å². The Morgan fingerprint density at radius 3 is 2.38 bits per heavy atom. The second kappa shape index (κ2) is 7.67. The van der Waals surface area contributed by atoms with E-state index in [-0.39, 0.29) is 16.7 Å². The number of carbonyl (C=O) groups is 1. The Bertz CT molecular complexity index is 673. The van der Waals surface area contributed by atoms with E-state index in [0.717, 1.165) is 11.8 Å². The van der Waals surface area contributed by atoms with Gasteiger partial charge in [-0.25, -0.2) is 0 Å². The average Bonchev–Trinajstić information content (AvgIpc) is 2.43. The molecule has 0 unspecified atom stereocenters. The Kier molecular flexibility index (Phi) is 6.21. The first-order valence-corrected chi connectivity index (χ1v) is 6.66. The lowest BCUT2D eigenvalue weighted by atomic mass is 10.1. The van der Waals surface area contributed by atoms with E-state index in [1.54, 1.807) is 12.1 Å². The van der Waals surface area contributed by atoms with E-state index in [1.165, 1.54) is 12.1 Å². The number of halogens is 2. The van der Waals surface area contributed by atoms with E-state index < -0.39 is 0 Å². The van der Waals surface area contributed by atoms with E-state index in [2.05, 4.69) is 0 Å². The summed E-state index contributed by atoms with van der Waals surface area (Å²) in [7, 11) is 0. The normalized spacial score (nSPS) is 9.48. The van der Waals surface area contributed by atoms with Gasteiger partial charge in [-0.1, -0.05) is 41.4 Å². The molecule has 21 heavy (non-hydrogen) atoms. The maximum atomic E-state index is 10.6. The molecule has 0 radical (unpaired) electrons. The maximum Gasteiger partial charge on any atom is 0.248 e. The smallest absolute Gasteiger partial charge is 0.248 e. The molecule has 0 heterocycles. The van der Waals surface area contributed by atoms with Crippen molar-refractivity contribution in [2.75, 3.05) is 0 Å². The molecule has 110 valence electrons. The third kappa shape index (κ3) is 4.77. The van der Waals surface area contributed by atoms with Crippen LogP contribution in [0.15, 0.2) is 36.4 Å². The Hall–Kier alpha value is -2.04. The van der Waals surface area contributed by atoms with Crippen LogP contribution in [0, 0.1) is 12.3 Å². The summed E-state index contributed by atoms with van der Waals surface area (Å²) >= 11 is 11.2. The Balaban J connectivity index is 0.000000211. The summed E-state index contributed by atoms with van der Waals surface area (Å²) in [5.41, 5.74) is 6.92. The van der Waals surface area contributed by atoms with Crippen molar-refractivity contribution in [3.63, 3.8) is 0 Å². The summed E-state index contributed by atoms with van der Waals surface area (Å²) in [5.74, 6) is -0.468. The van der Waals surface area contributed by atoms with Crippen LogP contribution >= 0.6 is 23.2 Å². The number of benzene rings is 2. The molecule has 4 nitrogen and oxygen atoms in total. The molecule has 0 aromatic heterocycles. The van der Waals surface area contributed by atoms with Crippen LogP contribution in [0.4, 0.5) is 0 Å². The molecule has 0 fully saturated rings. The molecule has 6 heteroatoms. The second-order valence-corrected chi connectivity index (χ2v) is 4.99. The van der Waals surface area contributed by atoms with Crippen molar-refractivity contribution < 1.29 is 9.90 Å². The summed E-state index contributed by atoms with van der Waals surface area (Å²) in [4.78, 5) is 10.6. The first kappa shape index (κ1) is 17.0. The zero-order valence-corrected chi connectivity index (χ0v) is 12.7. The highest BCUT2D eigenvalue weighted by Gasteiger charge is 2.04. The van der Waals surface area contributed by atoms with Crippen molar-refractivity contribution in [2.45, 2.75) is 6.92 Å². The van der Waals surface area contributed by atoms with Gasteiger partial charge in [0.05, 0.1) is 5.02 Å². The number of phenols is 1. The lowest BCUT2D eigenvalue weighted by molar-refractivity contribution is 0.0999. The summed E-state index contributed by atoms with van der Waals surface area (Å²) in [6.45, 7) is 1.86. The van der Waals surface area contributed by atoms with E-state index in [0.29, 0.717) is 16.1 Å². The summed E-state index contributed by atoms with van der Waals surface area (Å²) in [5, 5.41) is 16.6. The molecule has 0 spiro atoms. The largest absolute Gasteiger partial charge is 0.506 e. The number of aryl methyl sites for hydroxylation is 1. The molecule has 2 rings (SSSR count). The number of phenolic OH excluding ortho intramolecular Hbond substituents is 1. The fraction of sp³-hybridized carbons (Fsp3) is 0.0667. The molecular formula is C15H14Cl2N2O2. The fourth-order valence-corrected chi connectivity index (χ4v) is 2.05. The number of nitrogens with two attached hydrogens (primary N) is 1. The van der Waals surface area contributed by atoms with Crippen LogP contribution < -0.4 is 5.73 Å². The molecule has 4 N–H and O–H groups in total. The molecule has 2 aromatic rings. The number of rotatable bonds is 2. The molecule has 0 aliphatic rings. The summed E-state index contributed by atoms with van der Waals surface area (Å²) in [6.07, 6.45) is 0.993. The van der Waals surface area contributed by atoms with Gasteiger partial charge >= 0.3 is 0 Å². The van der Waals surface area contributed by atoms with Crippen molar-refractivity contribution in [2.24, 2.45) is 5.73 Å². The number of primary amides is 1. The van der Waals surface area contributed by atoms with Crippen LogP contribution in [0.25, 0.3) is 0 Å². The standard InChI is InChI=1S/C8H9NO.C7H5Cl2NO/c1-6-4-2-3-5-7(6)8(9)10;8-5-1-4(3-10)7(11)6(9)2-5/h2-5H,1H3,(H2,9,10);1-3,10-11H. The average molecular weight is 325 g/mol. The number of carbonyl (C=O) groups excluding carboxylic acids is 1. The molecule has 0 aliphatic heterocycles. The van der Waals surface area contributed by atoms with Crippen molar-refractivity contribution in [1.29, 1.82) is 5.41 Å². The lowest BCUT2D eigenvalue weighted by Gasteiger charge is -2.00. The Morgan fingerprint density at radius 2 is 1.90 bits per heavy atom. The number of hydrogen-bond acceptors (Lipinski definition) is 3. The highest BCUT2D eigenvalue weighted by molar-refractivity contribution is 6.36. The third-order valence-corrected chi connectivity index (χ3v) is 3.13. The Morgan fingerprint density at radius 1 is 1.29 bits per heavy atom. The zero-order valence-electron chi connectivity index (χ0n) is 11.2. The van der Waals surface area contributed by atoms with Crippen molar-refractivity contribution in [3.8, 4) is 5.75 Å². The van der Waals surface area contributed by atoms with Gasteiger partial charge in [-0.05, 0) is 30.7 Å². The molecule has 0 saturated carbocycles. The van der Waals surface area contributed by atoms with Gasteiger partial charge in [-0.15, -0.1) is 0 Å². The van der Waals surface area contributed by atoms with Crippen LogP contribution in [0.3, 0.4) is 0 Å². The lowest BCUT2D eigenvalue weighted by Crippen LogP contribution is -2.12. The first-order valence-electron chi connectivity index (χ1n) is 5.90. The van der Waals surface area contributed by atoms with Crippen molar-refractivity contribution in [1.82, 2.24) is 0 Å². The maximum absolute atomic E-state index is 10.6. The molecular weight excluding hydrogens is 311 g/mol. The summed E-state index contributed by atoms with van der Waals surface area (Å²) < 4.78 is 0. The quantitative estimate of drug-likeness (QED) is 0.734. The van der Waals surface area contributed by atoms with Gasteiger partial charge < -0.3 is 16.2 Å². The van der Waals surface area contributed by atoms with Crippen LogP contribution in [-0.2, 0) is 0 Å². The van der Waals surface area contributed by atoms with E-state index in [4.69, 9.17) is 34.3 Å². The third-order valence-electron chi connectivity index (χ3n) is 2.62. The highest BCUT2D eigenvalue weighted by atomic mass is 35.5. The van der Waals surface area contributed by atoms with E-state index in [1.807, 2.05) is 19.1 Å². The topological polar surface area (TPSA) is 87.2 Å². The predicted molar refractivity (Wildman–Crippen MR) is 85.7 cm³/mol. The number of nitrogens with one attached hydrogen (secondary N) is 1. The van der Waals surface area contributed by atoms with E-state index >= 15 is 0 Å². The number of aromatic hydroxyl groups is 1. The number of amides is 1. The van der Waals surface area contributed by atoms with Crippen LogP contribution in [0.2, 0.25) is 10.0 Å². The van der Waals surface area contributed by atoms with Gasteiger partial charge in [0, 0.05) is 22.4 Å².